The zero-order chi connectivity index (χ0) is 25.2. The molecule has 1 saturated heterocycles. The lowest BCUT2D eigenvalue weighted by molar-refractivity contribution is -0.149. The van der Waals surface area contributed by atoms with Gasteiger partial charge < -0.3 is 20.1 Å². The first kappa shape index (κ1) is 24.8. The number of hydrogen-bond donors (Lipinski definition) is 2. The molecular formula is C28H34N2O5. The number of benzene rings is 2. The van der Waals surface area contributed by atoms with Crippen molar-refractivity contribution in [1.82, 2.24) is 10.2 Å². The molecule has 4 rings (SSSR count). The van der Waals surface area contributed by atoms with Crippen LogP contribution in [0.25, 0.3) is 11.1 Å². The van der Waals surface area contributed by atoms with Gasteiger partial charge in [0.05, 0.1) is 5.41 Å². The van der Waals surface area contributed by atoms with Crippen LogP contribution in [0, 0.1) is 11.3 Å². The zero-order valence-electron chi connectivity index (χ0n) is 20.6. The van der Waals surface area contributed by atoms with Crippen molar-refractivity contribution in [2.45, 2.75) is 52.0 Å². The summed E-state index contributed by atoms with van der Waals surface area (Å²) in [5.74, 6) is -0.963. The Kier molecular flexibility index (Phi) is 7.15. The SMILES string of the molecule is CC(CCCC(=O)N1CC(C)C(C)(C(=O)O)C1)NC(=O)OCC1c2ccccc2-c2ccccc21. The van der Waals surface area contributed by atoms with E-state index >= 15 is 0 Å². The molecule has 1 heterocycles. The number of alkyl carbamates (subject to hydrolysis) is 1. The third-order valence-corrected chi connectivity index (χ3v) is 7.68. The van der Waals surface area contributed by atoms with Crippen LogP contribution in [0.3, 0.4) is 0 Å². The Hall–Kier alpha value is -3.35. The van der Waals surface area contributed by atoms with Crippen molar-refractivity contribution < 1.29 is 24.2 Å². The number of nitrogens with zero attached hydrogens (tertiary/aromatic N) is 1. The summed E-state index contributed by atoms with van der Waals surface area (Å²) in [6.45, 7) is 6.45. The van der Waals surface area contributed by atoms with Crippen LogP contribution in [-0.4, -0.2) is 53.7 Å². The minimum absolute atomic E-state index is 0.0143. The number of hydrogen-bond acceptors (Lipinski definition) is 4. The number of fused-ring (bicyclic) bond motifs is 3. The zero-order valence-corrected chi connectivity index (χ0v) is 20.6. The Bertz CT molecular complexity index is 1070. The standard InChI is InChI=1S/C28H34N2O5/c1-18-15-30(17-28(18,3)26(32)33)25(31)14-8-9-19(2)29-27(34)35-16-24-22-12-6-4-10-20(22)21-11-5-7-13-23(21)24/h4-7,10-13,18-19,24H,8-9,14-17H2,1-3H3,(H,29,34)(H,32,33). The molecule has 1 aliphatic heterocycles. The number of carboxylic acid groups (broad SMARTS) is 1. The number of rotatable bonds is 8. The summed E-state index contributed by atoms with van der Waals surface area (Å²) in [7, 11) is 0. The highest BCUT2D eigenvalue weighted by atomic mass is 16.5. The van der Waals surface area contributed by atoms with Gasteiger partial charge in [-0.3, -0.25) is 9.59 Å². The lowest BCUT2D eigenvalue weighted by Gasteiger charge is -2.22. The number of carbonyl (C=O) groups is 3. The molecule has 0 saturated carbocycles. The minimum Gasteiger partial charge on any atom is -0.481 e. The maximum atomic E-state index is 12.6. The summed E-state index contributed by atoms with van der Waals surface area (Å²) in [6, 6.07) is 16.3. The molecule has 2 aromatic carbocycles. The van der Waals surface area contributed by atoms with Crippen molar-refractivity contribution in [2.24, 2.45) is 11.3 Å². The molecule has 2 aliphatic rings. The number of carboxylic acids is 1. The Morgan fingerprint density at radius 3 is 2.29 bits per heavy atom. The van der Waals surface area contributed by atoms with Gasteiger partial charge in [-0.25, -0.2) is 4.79 Å². The molecule has 2 aromatic rings. The van der Waals surface area contributed by atoms with E-state index in [1.54, 1.807) is 11.8 Å². The summed E-state index contributed by atoms with van der Waals surface area (Å²) in [4.78, 5) is 38.3. The van der Waals surface area contributed by atoms with Gasteiger partial charge in [0.2, 0.25) is 5.91 Å². The number of ether oxygens (including phenoxy) is 1. The fourth-order valence-electron chi connectivity index (χ4n) is 5.25. The van der Waals surface area contributed by atoms with Crippen LogP contribution in [0.5, 0.6) is 0 Å². The van der Waals surface area contributed by atoms with Gasteiger partial charge in [-0.05, 0) is 54.9 Å². The van der Waals surface area contributed by atoms with Crippen molar-refractivity contribution >= 4 is 18.0 Å². The van der Waals surface area contributed by atoms with E-state index in [0.29, 0.717) is 25.8 Å². The molecule has 2 N–H and O–H groups in total. The van der Waals surface area contributed by atoms with Gasteiger partial charge in [-0.1, -0.05) is 55.5 Å². The van der Waals surface area contributed by atoms with E-state index in [0.717, 1.165) is 0 Å². The molecule has 3 unspecified atom stereocenters. The largest absolute Gasteiger partial charge is 0.481 e. The fraction of sp³-hybridized carbons (Fsp3) is 0.464. The van der Waals surface area contributed by atoms with Gasteiger partial charge >= 0.3 is 12.1 Å². The number of carbonyl (C=O) groups excluding carboxylic acids is 2. The smallest absolute Gasteiger partial charge is 0.407 e. The Balaban J connectivity index is 1.22. The molecule has 1 fully saturated rings. The highest BCUT2D eigenvalue weighted by Crippen LogP contribution is 2.44. The van der Waals surface area contributed by atoms with Crippen LogP contribution in [0.15, 0.2) is 48.5 Å². The molecule has 35 heavy (non-hydrogen) atoms. The first-order chi connectivity index (χ1) is 16.7. The van der Waals surface area contributed by atoms with Crippen LogP contribution in [0.1, 0.15) is 57.1 Å². The van der Waals surface area contributed by atoms with Crippen molar-refractivity contribution in [3.8, 4) is 11.1 Å². The third-order valence-electron chi connectivity index (χ3n) is 7.68. The molecule has 1 aliphatic carbocycles. The third kappa shape index (κ3) is 5.04. The molecule has 2 amide bonds. The normalized spacial score (nSPS) is 21.8. The molecule has 3 atom stereocenters. The highest BCUT2D eigenvalue weighted by molar-refractivity contribution is 5.81. The van der Waals surface area contributed by atoms with Gasteiger partial charge in [-0.15, -0.1) is 0 Å². The second-order valence-electron chi connectivity index (χ2n) is 10.2. The molecule has 7 heteroatoms. The van der Waals surface area contributed by atoms with Crippen LogP contribution in [0.2, 0.25) is 0 Å². The van der Waals surface area contributed by atoms with Crippen molar-refractivity contribution in [1.29, 1.82) is 0 Å². The average molecular weight is 479 g/mol. The second-order valence-corrected chi connectivity index (χ2v) is 10.2. The quantitative estimate of drug-likeness (QED) is 0.576. The molecule has 0 spiro atoms. The number of nitrogens with one attached hydrogen (secondary N) is 1. The molecule has 7 nitrogen and oxygen atoms in total. The van der Waals surface area contributed by atoms with Crippen molar-refractivity contribution in [3.63, 3.8) is 0 Å². The molecule has 0 aromatic heterocycles. The van der Waals surface area contributed by atoms with Gasteiger partial charge in [0.15, 0.2) is 0 Å². The van der Waals surface area contributed by atoms with E-state index in [4.69, 9.17) is 4.74 Å². The highest BCUT2D eigenvalue weighted by Gasteiger charge is 2.47. The fourth-order valence-corrected chi connectivity index (χ4v) is 5.25. The number of aliphatic carboxylic acids is 1. The van der Waals surface area contributed by atoms with Crippen LogP contribution < -0.4 is 5.32 Å². The van der Waals surface area contributed by atoms with Gasteiger partial charge in [0.25, 0.3) is 0 Å². The Morgan fingerprint density at radius 2 is 1.71 bits per heavy atom. The van der Waals surface area contributed by atoms with Gasteiger partial charge in [0.1, 0.15) is 6.61 Å². The molecular weight excluding hydrogens is 444 g/mol. The maximum absolute atomic E-state index is 12.6. The first-order valence-corrected chi connectivity index (χ1v) is 12.3. The first-order valence-electron chi connectivity index (χ1n) is 12.3. The lowest BCUT2D eigenvalue weighted by Crippen LogP contribution is -2.36. The van der Waals surface area contributed by atoms with E-state index < -0.39 is 17.5 Å². The predicted octanol–water partition coefficient (Wildman–Crippen LogP) is 4.65. The summed E-state index contributed by atoms with van der Waals surface area (Å²) in [5, 5.41) is 12.4. The summed E-state index contributed by atoms with van der Waals surface area (Å²) in [5.41, 5.74) is 3.82. The predicted molar refractivity (Wildman–Crippen MR) is 133 cm³/mol. The van der Waals surface area contributed by atoms with E-state index in [1.165, 1.54) is 22.3 Å². The number of amides is 2. The topological polar surface area (TPSA) is 95.9 Å². The van der Waals surface area contributed by atoms with E-state index in [1.807, 2.05) is 38.1 Å². The van der Waals surface area contributed by atoms with Crippen molar-refractivity contribution in [3.05, 3.63) is 59.7 Å². The van der Waals surface area contributed by atoms with E-state index in [-0.39, 0.29) is 36.9 Å². The number of likely N-dealkylation sites (tertiary alicyclic amines) is 1. The maximum Gasteiger partial charge on any atom is 0.407 e. The average Bonchev–Trinajstić information content (AvgIpc) is 3.32. The van der Waals surface area contributed by atoms with Gasteiger partial charge in [0, 0.05) is 31.5 Å². The lowest BCUT2D eigenvalue weighted by atomic mass is 9.81. The van der Waals surface area contributed by atoms with Crippen LogP contribution >= 0.6 is 0 Å². The summed E-state index contributed by atoms with van der Waals surface area (Å²) < 4.78 is 5.60. The molecule has 186 valence electrons. The molecule has 0 radical (unpaired) electrons. The monoisotopic (exact) mass is 478 g/mol. The van der Waals surface area contributed by atoms with Crippen LogP contribution in [-0.2, 0) is 14.3 Å². The Morgan fingerprint density at radius 1 is 1.11 bits per heavy atom. The van der Waals surface area contributed by atoms with E-state index in [9.17, 15) is 19.5 Å². The Labute approximate surface area is 206 Å². The van der Waals surface area contributed by atoms with E-state index in [2.05, 4.69) is 29.6 Å². The minimum atomic E-state index is -0.894. The van der Waals surface area contributed by atoms with Gasteiger partial charge in [-0.2, -0.15) is 0 Å². The second kappa shape index (κ2) is 10.1. The summed E-state index contributed by atoms with van der Waals surface area (Å²) in [6.07, 6.45) is 1.11. The van der Waals surface area contributed by atoms with Crippen molar-refractivity contribution in [2.75, 3.05) is 19.7 Å². The van der Waals surface area contributed by atoms with Crippen LogP contribution in [0.4, 0.5) is 4.79 Å². The summed E-state index contributed by atoms with van der Waals surface area (Å²) >= 11 is 0. The molecule has 0 bridgehead atoms.